The molecule has 5 heteroatoms. The van der Waals surface area contributed by atoms with Crippen molar-refractivity contribution in [1.29, 1.82) is 0 Å². The lowest BCUT2D eigenvalue weighted by Gasteiger charge is -2.05. The summed E-state index contributed by atoms with van der Waals surface area (Å²) < 4.78 is 0. The second-order valence-electron chi connectivity index (χ2n) is 3.05. The van der Waals surface area contributed by atoms with Crippen LogP contribution in [-0.2, 0) is 0 Å². The summed E-state index contributed by atoms with van der Waals surface area (Å²) in [4.78, 5) is 21.7. The molecule has 0 bridgehead atoms. The first-order chi connectivity index (χ1) is 6.43. The van der Waals surface area contributed by atoms with Crippen LogP contribution in [0.25, 0.3) is 0 Å². The molecule has 2 N–H and O–H groups in total. The number of Topliss-reactive ketones (excluding diaryl/α,β-unsaturated/α-hetero) is 1. The van der Waals surface area contributed by atoms with Crippen molar-refractivity contribution in [3.8, 4) is 5.75 Å². The van der Waals surface area contributed by atoms with Crippen molar-refractivity contribution in [1.82, 2.24) is 0 Å². The van der Waals surface area contributed by atoms with E-state index >= 15 is 0 Å². The smallest absolute Gasteiger partial charge is 0.335 e. The van der Waals surface area contributed by atoms with Crippen LogP contribution >= 0.6 is 0 Å². The number of carboxylic acids is 1. The zero-order chi connectivity index (χ0) is 10.9. The number of phenolic OH excluding ortho intramolecular Hbond substituents is 1. The van der Waals surface area contributed by atoms with E-state index in [1.165, 1.54) is 19.1 Å². The maximum atomic E-state index is 11.0. The largest absolute Gasteiger partial charge is 0.508 e. The molecule has 0 saturated heterocycles. The number of carboxylic acid groups (broad SMARTS) is 1. The van der Waals surface area contributed by atoms with Crippen LogP contribution in [0.4, 0.5) is 0 Å². The van der Waals surface area contributed by atoms with Crippen LogP contribution in [0, 0.1) is 0 Å². The third-order valence-electron chi connectivity index (χ3n) is 1.93. The van der Waals surface area contributed by atoms with E-state index in [0.29, 0.717) is 5.46 Å². The van der Waals surface area contributed by atoms with E-state index in [2.05, 4.69) is 0 Å². The summed E-state index contributed by atoms with van der Waals surface area (Å²) in [6, 6.07) is 2.50. The van der Waals surface area contributed by atoms with Crippen molar-refractivity contribution in [3.63, 3.8) is 0 Å². The van der Waals surface area contributed by atoms with Crippen molar-refractivity contribution in [2.45, 2.75) is 6.92 Å². The Morgan fingerprint density at radius 3 is 2.36 bits per heavy atom. The summed E-state index contributed by atoms with van der Waals surface area (Å²) in [5.41, 5.74) is 0.433. The maximum absolute atomic E-state index is 11.0. The zero-order valence-electron chi connectivity index (χ0n) is 7.87. The Hall–Kier alpha value is -1.78. The predicted molar refractivity (Wildman–Crippen MR) is 53.2 cm³/mol. The molecule has 0 aromatic heterocycles. The standard InChI is InChI=1S/C9H9BO4/c1-4(11)6-2-5(9(13)14)3-7(10)8(6)12/h2-3,12H,10H2,1H3,(H,13,14). The number of benzene rings is 1. The number of hydrogen-bond acceptors (Lipinski definition) is 3. The van der Waals surface area contributed by atoms with Crippen LogP contribution < -0.4 is 5.46 Å². The molecule has 0 amide bonds. The van der Waals surface area contributed by atoms with Gasteiger partial charge >= 0.3 is 5.97 Å². The molecule has 14 heavy (non-hydrogen) atoms. The second-order valence-corrected chi connectivity index (χ2v) is 3.05. The molecule has 1 aromatic rings. The van der Waals surface area contributed by atoms with E-state index in [-0.39, 0.29) is 22.7 Å². The number of carbonyl (C=O) groups is 2. The van der Waals surface area contributed by atoms with Gasteiger partial charge in [0.15, 0.2) is 5.78 Å². The fraction of sp³-hybridized carbons (Fsp3) is 0.111. The monoisotopic (exact) mass is 192 g/mol. The van der Waals surface area contributed by atoms with Gasteiger partial charge < -0.3 is 10.2 Å². The third-order valence-corrected chi connectivity index (χ3v) is 1.93. The van der Waals surface area contributed by atoms with Gasteiger partial charge in [0, 0.05) is 0 Å². The van der Waals surface area contributed by atoms with Gasteiger partial charge in [0.1, 0.15) is 13.6 Å². The molecule has 0 aliphatic rings. The SMILES string of the molecule is Bc1cc(C(=O)O)cc(C(C)=O)c1O. The van der Waals surface area contributed by atoms with Crippen LogP contribution in [0.5, 0.6) is 5.75 Å². The van der Waals surface area contributed by atoms with Crippen molar-refractivity contribution in [3.05, 3.63) is 23.3 Å². The van der Waals surface area contributed by atoms with Gasteiger partial charge in [-0.25, -0.2) is 4.79 Å². The van der Waals surface area contributed by atoms with Gasteiger partial charge in [-0.2, -0.15) is 0 Å². The molecule has 0 aliphatic heterocycles. The van der Waals surface area contributed by atoms with Crippen LogP contribution in [0.15, 0.2) is 12.1 Å². The number of aromatic hydroxyl groups is 1. The van der Waals surface area contributed by atoms with Gasteiger partial charge in [-0.15, -0.1) is 0 Å². The minimum Gasteiger partial charge on any atom is -0.508 e. The summed E-state index contributed by atoms with van der Waals surface area (Å²) in [7, 11) is 1.55. The molecule has 0 fully saturated rings. The highest BCUT2D eigenvalue weighted by Crippen LogP contribution is 2.16. The number of ketones is 1. The molecule has 0 atom stereocenters. The highest BCUT2D eigenvalue weighted by atomic mass is 16.4. The number of hydrogen-bond donors (Lipinski definition) is 2. The highest BCUT2D eigenvalue weighted by molar-refractivity contribution is 6.35. The van der Waals surface area contributed by atoms with Crippen molar-refractivity contribution >= 4 is 25.1 Å². The van der Waals surface area contributed by atoms with Gasteiger partial charge in [0.2, 0.25) is 0 Å². The number of carbonyl (C=O) groups excluding carboxylic acids is 1. The second kappa shape index (κ2) is 3.53. The predicted octanol–water partition coefficient (Wildman–Crippen LogP) is -0.449. The summed E-state index contributed by atoms with van der Waals surface area (Å²) in [5, 5.41) is 18.2. The Bertz CT molecular complexity index is 412. The fourth-order valence-electron chi connectivity index (χ4n) is 1.17. The topological polar surface area (TPSA) is 74.6 Å². The summed E-state index contributed by atoms with van der Waals surface area (Å²) in [5.74, 6) is -1.62. The number of phenols is 1. The van der Waals surface area contributed by atoms with E-state index in [4.69, 9.17) is 5.11 Å². The molecule has 0 heterocycles. The molecule has 72 valence electrons. The van der Waals surface area contributed by atoms with Gasteiger partial charge in [0.25, 0.3) is 0 Å². The molecular formula is C9H9BO4. The first-order valence-electron chi connectivity index (χ1n) is 4.01. The molecule has 4 nitrogen and oxygen atoms in total. The number of rotatable bonds is 2. The van der Waals surface area contributed by atoms with E-state index in [9.17, 15) is 14.7 Å². The Labute approximate surface area is 81.6 Å². The average Bonchev–Trinajstić information content (AvgIpc) is 2.08. The summed E-state index contributed by atoms with van der Waals surface area (Å²) in [6.45, 7) is 1.28. The van der Waals surface area contributed by atoms with Crippen molar-refractivity contribution in [2.75, 3.05) is 0 Å². The Morgan fingerprint density at radius 1 is 1.36 bits per heavy atom. The summed E-state index contributed by atoms with van der Waals surface area (Å²) >= 11 is 0. The molecule has 1 rings (SSSR count). The average molecular weight is 192 g/mol. The van der Waals surface area contributed by atoms with Crippen LogP contribution in [-0.4, -0.2) is 29.8 Å². The molecule has 0 spiro atoms. The Kier molecular flexibility index (Phi) is 2.60. The first-order valence-corrected chi connectivity index (χ1v) is 4.01. The van der Waals surface area contributed by atoms with Gasteiger partial charge in [-0.05, 0) is 18.5 Å². The quantitative estimate of drug-likeness (QED) is 0.491. The minimum atomic E-state index is -1.12. The first kappa shape index (κ1) is 10.3. The molecular weight excluding hydrogens is 183 g/mol. The lowest BCUT2D eigenvalue weighted by molar-refractivity contribution is 0.0697. The Morgan fingerprint density at radius 2 is 1.93 bits per heavy atom. The van der Waals surface area contributed by atoms with E-state index in [1.807, 2.05) is 0 Å². The fourth-order valence-corrected chi connectivity index (χ4v) is 1.17. The van der Waals surface area contributed by atoms with Crippen LogP contribution in [0.3, 0.4) is 0 Å². The molecule has 0 aliphatic carbocycles. The van der Waals surface area contributed by atoms with E-state index in [0.717, 1.165) is 0 Å². The van der Waals surface area contributed by atoms with Crippen LogP contribution in [0.1, 0.15) is 27.6 Å². The minimum absolute atomic E-state index is 0.00509. The van der Waals surface area contributed by atoms with Crippen LogP contribution in [0.2, 0.25) is 0 Å². The number of aromatic carboxylic acids is 1. The van der Waals surface area contributed by atoms with Crippen molar-refractivity contribution < 1.29 is 19.8 Å². The molecule has 0 unspecified atom stereocenters. The Balaban J connectivity index is 3.43. The molecule has 0 radical (unpaired) electrons. The summed E-state index contributed by atoms with van der Waals surface area (Å²) in [6.07, 6.45) is 0. The lowest BCUT2D eigenvalue weighted by Crippen LogP contribution is -2.12. The lowest BCUT2D eigenvalue weighted by atomic mass is 9.89. The molecule has 0 saturated carbocycles. The van der Waals surface area contributed by atoms with Gasteiger partial charge in [-0.3, -0.25) is 4.79 Å². The van der Waals surface area contributed by atoms with E-state index in [1.54, 1.807) is 7.85 Å². The van der Waals surface area contributed by atoms with Crippen molar-refractivity contribution in [2.24, 2.45) is 0 Å². The normalized spacial score (nSPS) is 9.79. The van der Waals surface area contributed by atoms with Gasteiger partial charge in [-0.1, -0.05) is 6.07 Å². The van der Waals surface area contributed by atoms with E-state index < -0.39 is 5.97 Å². The third kappa shape index (κ3) is 1.76. The van der Waals surface area contributed by atoms with Gasteiger partial charge in [0.05, 0.1) is 11.1 Å². The maximum Gasteiger partial charge on any atom is 0.335 e. The molecule has 1 aromatic carbocycles. The highest BCUT2D eigenvalue weighted by Gasteiger charge is 2.13. The zero-order valence-corrected chi connectivity index (χ0v) is 7.87.